The molecule has 1 rings (SSSR count). The monoisotopic (exact) mass is 209 g/mol. The minimum absolute atomic E-state index is 0.0496. The first kappa shape index (κ1) is 11.4. The molecule has 0 bridgehead atoms. The summed E-state index contributed by atoms with van der Waals surface area (Å²) < 4.78 is 5.36. The first-order valence-electron chi connectivity index (χ1n) is 4.91. The largest absolute Gasteiger partial charge is 0.493 e. The van der Waals surface area contributed by atoms with E-state index in [-0.39, 0.29) is 11.3 Å². The molecule has 0 saturated heterocycles. The van der Waals surface area contributed by atoms with Gasteiger partial charge in [-0.25, -0.2) is 4.79 Å². The molecule has 0 aliphatic heterocycles. The number of benzene rings is 1. The summed E-state index contributed by atoms with van der Waals surface area (Å²) in [7, 11) is 0. The van der Waals surface area contributed by atoms with Gasteiger partial charge in [0.15, 0.2) is 0 Å². The third-order valence-corrected chi connectivity index (χ3v) is 2.03. The quantitative estimate of drug-likeness (QED) is 0.575. The van der Waals surface area contributed by atoms with Crippen LogP contribution < -0.4 is 10.5 Å². The van der Waals surface area contributed by atoms with E-state index < -0.39 is 5.97 Å². The van der Waals surface area contributed by atoms with Crippen LogP contribution in [0.15, 0.2) is 18.2 Å². The van der Waals surface area contributed by atoms with Gasteiger partial charge in [0.2, 0.25) is 0 Å². The maximum Gasteiger partial charge on any atom is 0.341 e. The fourth-order valence-corrected chi connectivity index (χ4v) is 1.22. The molecule has 0 atom stereocenters. The van der Waals surface area contributed by atoms with Crippen LogP contribution in [0.3, 0.4) is 0 Å². The summed E-state index contributed by atoms with van der Waals surface area (Å²) in [5, 5.41) is 8.94. The number of carbonyl (C=O) groups is 1. The summed E-state index contributed by atoms with van der Waals surface area (Å²) in [6, 6.07) is 4.86. The van der Waals surface area contributed by atoms with Crippen LogP contribution >= 0.6 is 0 Å². The number of aromatic carboxylic acids is 1. The number of nitrogen functional groups attached to an aromatic ring is 1. The van der Waals surface area contributed by atoms with Crippen molar-refractivity contribution in [1.29, 1.82) is 0 Å². The molecule has 0 fully saturated rings. The molecular formula is C11H15NO3. The number of hydrogen-bond donors (Lipinski definition) is 2. The average Bonchev–Trinajstić information content (AvgIpc) is 2.17. The van der Waals surface area contributed by atoms with E-state index in [1.165, 1.54) is 0 Å². The lowest BCUT2D eigenvalue weighted by Gasteiger charge is -2.09. The Hall–Kier alpha value is -1.71. The van der Waals surface area contributed by atoms with E-state index in [1.54, 1.807) is 18.2 Å². The Morgan fingerprint density at radius 3 is 2.87 bits per heavy atom. The SMILES string of the molecule is CCCCOc1cccc(N)c1C(=O)O. The highest BCUT2D eigenvalue weighted by molar-refractivity contribution is 5.96. The number of rotatable bonds is 5. The Balaban J connectivity index is 2.86. The number of ether oxygens (including phenoxy) is 1. The van der Waals surface area contributed by atoms with Crippen molar-refractivity contribution in [2.45, 2.75) is 19.8 Å². The maximum atomic E-state index is 10.9. The second-order valence-electron chi connectivity index (χ2n) is 3.23. The van der Waals surface area contributed by atoms with E-state index >= 15 is 0 Å². The van der Waals surface area contributed by atoms with Crippen molar-refractivity contribution in [1.82, 2.24) is 0 Å². The molecule has 1 aromatic rings. The minimum Gasteiger partial charge on any atom is -0.493 e. The van der Waals surface area contributed by atoms with Crippen LogP contribution in [0, 0.1) is 0 Å². The summed E-state index contributed by atoms with van der Waals surface area (Å²) in [6.45, 7) is 2.56. The van der Waals surface area contributed by atoms with E-state index in [0.29, 0.717) is 12.4 Å². The van der Waals surface area contributed by atoms with Crippen LogP contribution in [-0.2, 0) is 0 Å². The second-order valence-corrected chi connectivity index (χ2v) is 3.23. The van der Waals surface area contributed by atoms with Crippen LogP contribution in [0.25, 0.3) is 0 Å². The zero-order valence-electron chi connectivity index (χ0n) is 8.69. The molecule has 0 unspecified atom stereocenters. The topological polar surface area (TPSA) is 72.5 Å². The van der Waals surface area contributed by atoms with Gasteiger partial charge in [0.25, 0.3) is 0 Å². The van der Waals surface area contributed by atoms with E-state index in [0.717, 1.165) is 12.8 Å². The van der Waals surface area contributed by atoms with Crippen molar-refractivity contribution >= 4 is 11.7 Å². The standard InChI is InChI=1S/C11H15NO3/c1-2-3-7-15-9-6-4-5-8(12)10(9)11(13)14/h4-6H,2-3,7,12H2,1H3,(H,13,14). The molecule has 82 valence electrons. The van der Waals surface area contributed by atoms with Gasteiger partial charge < -0.3 is 15.6 Å². The van der Waals surface area contributed by atoms with Crippen molar-refractivity contribution in [3.05, 3.63) is 23.8 Å². The van der Waals surface area contributed by atoms with Gasteiger partial charge in [0, 0.05) is 5.69 Å². The number of unbranched alkanes of at least 4 members (excludes halogenated alkanes) is 1. The fraction of sp³-hybridized carbons (Fsp3) is 0.364. The summed E-state index contributed by atoms with van der Waals surface area (Å²) in [5.41, 5.74) is 5.85. The van der Waals surface area contributed by atoms with Crippen molar-refractivity contribution in [2.24, 2.45) is 0 Å². The maximum absolute atomic E-state index is 10.9. The highest BCUT2D eigenvalue weighted by Crippen LogP contribution is 2.24. The Bertz CT molecular complexity index is 350. The number of nitrogens with two attached hydrogens (primary N) is 1. The van der Waals surface area contributed by atoms with E-state index in [1.807, 2.05) is 6.92 Å². The van der Waals surface area contributed by atoms with Gasteiger partial charge in [-0.3, -0.25) is 0 Å². The number of hydrogen-bond acceptors (Lipinski definition) is 3. The minimum atomic E-state index is -1.06. The lowest BCUT2D eigenvalue weighted by molar-refractivity contribution is 0.0693. The van der Waals surface area contributed by atoms with E-state index in [4.69, 9.17) is 15.6 Å². The van der Waals surface area contributed by atoms with Gasteiger partial charge in [-0.15, -0.1) is 0 Å². The smallest absolute Gasteiger partial charge is 0.341 e. The van der Waals surface area contributed by atoms with Crippen LogP contribution in [-0.4, -0.2) is 17.7 Å². The first-order chi connectivity index (χ1) is 7.16. The normalized spacial score (nSPS) is 9.93. The molecule has 3 N–H and O–H groups in total. The summed E-state index contributed by atoms with van der Waals surface area (Å²) in [4.78, 5) is 10.9. The van der Waals surface area contributed by atoms with Crippen LogP contribution in [0.2, 0.25) is 0 Å². The molecule has 0 spiro atoms. The first-order valence-corrected chi connectivity index (χ1v) is 4.91. The molecule has 0 aliphatic rings. The molecule has 1 aromatic carbocycles. The lowest BCUT2D eigenvalue weighted by atomic mass is 10.1. The second kappa shape index (κ2) is 5.24. The van der Waals surface area contributed by atoms with Crippen molar-refractivity contribution in [2.75, 3.05) is 12.3 Å². The van der Waals surface area contributed by atoms with Gasteiger partial charge in [-0.1, -0.05) is 19.4 Å². The molecule has 0 aliphatic carbocycles. The fourth-order valence-electron chi connectivity index (χ4n) is 1.22. The molecular weight excluding hydrogens is 194 g/mol. The zero-order valence-corrected chi connectivity index (χ0v) is 8.69. The van der Waals surface area contributed by atoms with Gasteiger partial charge in [0.1, 0.15) is 11.3 Å². The number of carboxylic acid groups (broad SMARTS) is 1. The third kappa shape index (κ3) is 2.87. The molecule has 0 aromatic heterocycles. The molecule has 4 heteroatoms. The van der Waals surface area contributed by atoms with Gasteiger partial charge >= 0.3 is 5.97 Å². The van der Waals surface area contributed by atoms with Crippen LogP contribution in [0.5, 0.6) is 5.75 Å². The molecule has 0 radical (unpaired) electrons. The molecule has 0 saturated carbocycles. The number of carboxylic acids is 1. The van der Waals surface area contributed by atoms with Crippen LogP contribution in [0.4, 0.5) is 5.69 Å². The van der Waals surface area contributed by atoms with Crippen molar-refractivity contribution in [3.8, 4) is 5.75 Å². The number of anilines is 1. The van der Waals surface area contributed by atoms with Gasteiger partial charge in [0.05, 0.1) is 6.61 Å². The van der Waals surface area contributed by atoms with E-state index in [9.17, 15) is 4.79 Å². The van der Waals surface area contributed by atoms with Gasteiger partial charge in [-0.05, 0) is 18.6 Å². The average molecular weight is 209 g/mol. The molecule has 0 amide bonds. The highest BCUT2D eigenvalue weighted by atomic mass is 16.5. The summed E-state index contributed by atoms with van der Waals surface area (Å²) >= 11 is 0. The predicted molar refractivity (Wildman–Crippen MR) is 58.2 cm³/mol. The van der Waals surface area contributed by atoms with Gasteiger partial charge in [-0.2, -0.15) is 0 Å². The molecule has 4 nitrogen and oxygen atoms in total. The Kier molecular flexibility index (Phi) is 3.97. The van der Waals surface area contributed by atoms with Crippen molar-refractivity contribution in [3.63, 3.8) is 0 Å². The Labute approximate surface area is 88.7 Å². The molecule has 0 heterocycles. The summed E-state index contributed by atoms with van der Waals surface area (Å²) in [5.74, 6) is -0.712. The Morgan fingerprint density at radius 1 is 1.53 bits per heavy atom. The third-order valence-electron chi connectivity index (χ3n) is 2.03. The highest BCUT2D eigenvalue weighted by Gasteiger charge is 2.14. The molecule has 15 heavy (non-hydrogen) atoms. The van der Waals surface area contributed by atoms with Crippen LogP contribution in [0.1, 0.15) is 30.1 Å². The predicted octanol–water partition coefficient (Wildman–Crippen LogP) is 2.15. The summed E-state index contributed by atoms with van der Waals surface area (Å²) in [6.07, 6.45) is 1.90. The zero-order chi connectivity index (χ0) is 11.3. The van der Waals surface area contributed by atoms with E-state index in [2.05, 4.69) is 0 Å². The van der Waals surface area contributed by atoms with Crippen molar-refractivity contribution < 1.29 is 14.6 Å². The Morgan fingerprint density at radius 2 is 2.27 bits per heavy atom. The lowest BCUT2D eigenvalue weighted by Crippen LogP contribution is -2.07.